The molecule has 0 spiro atoms. The van der Waals surface area contributed by atoms with Crippen LogP contribution in [0.2, 0.25) is 10.0 Å². The lowest BCUT2D eigenvalue weighted by molar-refractivity contribution is -0.138. The summed E-state index contributed by atoms with van der Waals surface area (Å²) in [6, 6.07) is 10.3. The molecule has 2 rings (SSSR count). The van der Waals surface area contributed by atoms with E-state index in [2.05, 4.69) is 15.8 Å². The van der Waals surface area contributed by atoms with E-state index in [1.54, 1.807) is 36.4 Å². The van der Waals surface area contributed by atoms with Crippen LogP contribution in [0.3, 0.4) is 0 Å². The zero-order valence-corrected chi connectivity index (χ0v) is 16.1. The second-order valence-corrected chi connectivity index (χ2v) is 6.06. The molecule has 0 aliphatic rings. The third kappa shape index (κ3) is 5.87. The average Bonchev–Trinajstić information content (AvgIpc) is 2.67. The van der Waals surface area contributed by atoms with Crippen molar-refractivity contribution in [1.82, 2.24) is 10.7 Å². The number of rotatable bonds is 6. The Bertz CT molecular complexity index is 872. The molecule has 2 N–H and O–H groups in total. The maximum atomic E-state index is 11.3. The van der Waals surface area contributed by atoms with E-state index in [0.717, 1.165) is 5.56 Å². The highest BCUT2D eigenvalue weighted by Crippen LogP contribution is 2.29. The zero-order chi connectivity index (χ0) is 19.8. The highest BCUT2D eigenvalue weighted by molar-refractivity contribution is 6.35. The minimum absolute atomic E-state index is 0.238. The van der Waals surface area contributed by atoms with Gasteiger partial charge in [0.25, 0.3) is 0 Å². The van der Waals surface area contributed by atoms with Gasteiger partial charge in [-0.1, -0.05) is 29.3 Å². The second-order valence-electron chi connectivity index (χ2n) is 5.21. The first kappa shape index (κ1) is 20.5. The number of ether oxygens (including phenoxy) is 2. The monoisotopic (exact) mass is 409 g/mol. The van der Waals surface area contributed by atoms with E-state index in [-0.39, 0.29) is 6.61 Å². The summed E-state index contributed by atoms with van der Waals surface area (Å²) in [5.74, 6) is -0.661. The molecule has 7 nitrogen and oxygen atoms in total. The van der Waals surface area contributed by atoms with Gasteiger partial charge in [-0.25, -0.2) is 5.43 Å². The van der Waals surface area contributed by atoms with E-state index in [0.29, 0.717) is 27.1 Å². The van der Waals surface area contributed by atoms with Crippen molar-refractivity contribution in [2.45, 2.75) is 6.61 Å². The van der Waals surface area contributed by atoms with Crippen LogP contribution in [0.5, 0.6) is 11.5 Å². The molecule has 0 unspecified atom stereocenters. The number of carbonyl (C=O) groups excluding carboxylic acids is 2. The fourth-order valence-electron chi connectivity index (χ4n) is 2.01. The van der Waals surface area contributed by atoms with Crippen molar-refractivity contribution < 1.29 is 19.1 Å². The van der Waals surface area contributed by atoms with Gasteiger partial charge in [-0.2, -0.15) is 5.10 Å². The van der Waals surface area contributed by atoms with Gasteiger partial charge in [-0.3, -0.25) is 9.59 Å². The maximum absolute atomic E-state index is 11.3. The highest BCUT2D eigenvalue weighted by atomic mass is 35.5. The Morgan fingerprint density at radius 1 is 1.11 bits per heavy atom. The van der Waals surface area contributed by atoms with Crippen molar-refractivity contribution in [3.63, 3.8) is 0 Å². The zero-order valence-electron chi connectivity index (χ0n) is 14.6. The fourth-order valence-corrected chi connectivity index (χ4v) is 2.47. The summed E-state index contributed by atoms with van der Waals surface area (Å²) in [5.41, 5.74) is 3.54. The first-order valence-corrected chi connectivity index (χ1v) is 8.50. The van der Waals surface area contributed by atoms with Crippen LogP contribution in [-0.2, 0) is 16.2 Å². The Kier molecular flexibility index (Phi) is 7.45. The smallest absolute Gasteiger partial charge is 0.329 e. The number of hydrogen-bond donors (Lipinski definition) is 2. The summed E-state index contributed by atoms with van der Waals surface area (Å²) in [6.45, 7) is 0.238. The van der Waals surface area contributed by atoms with Crippen molar-refractivity contribution in [3.05, 3.63) is 57.6 Å². The van der Waals surface area contributed by atoms with Crippen LogP contribution >= 0.6 is 23.2 Å². The van der Waals surface area contributed by atoms with Crippen molar-refractivity contribution >= 4 is 41.2 Å². The molecule has 2 aromatic carbocycles. The van der Waals surface area contributed by atoms with Crippen LogP contribution in [0.4, 0.5) is 0 Å². The Labute approximate surface area is 166 Å². The molecule has 0 aliphatic heterocycles. The Morgan fingerprint density at radius 3 is 2.56 bits per heavy atom. The van der Waals surface area contributed by atoms with Crippen molar-refractivity contribution in [1.29, 1.82) is 0 Å². The summed E-state index contributed by atoms with van der Waals surface area (Å²) in [5, 5.41) is 6.97. The quantitative estimate of drug-likeness (QED) is 0.436. The molecule has 2 amide bonds. The minimum Gasteiger partial charge on any atom is -0.493 e. The van der Waals surface area contributed by atoms with E-state index in [9.17, 15) is 9.59 Å². The number of likely N-dealkylation sites (N-methyl/N-ethyl adjacent to an activating group) is 1. The molecule has 0 radical (unpaired) electrons. The second kappa shape index (κ2) is 9.80. The molecule has 0 atom stereocenters. The molecule has 0 saturated carbocycles. The molecule has 142 valence electrons. The number of nitrogens with zero attached hydrogens (tertiary/aromatic N) is 1. The van der Waals surface area contributed by atoms with E-state index in [1.807, 2.05) is 0 Å². The number of benzene rings is 2. The third-order valence-corrected chi connectivity index (χ3v) is 3.99. The SMILES string of the molecule is CNC(=O)C(=O)N/N=C\c1ccc(OCc2ccc(Cl)cc2Cl)c(OC)c1. The standard InChI is InChI=1S/C18H17Cl2N3O4/c1-21-17(24)18(25)23-22-9-11-3-6-15(16(7-11)26-2)27-10-12-4-5-13(19)8-14(12)20/h3-9H,10H2,1-2H3,(H,21,24)(H,23,25)/b22-9-. The van der Waals surface area contributed by atoms with Crippen LogP contribution in [-0.4, -0.2) is 32.2 Å². The van der Waals surface area contributed by atoms with Gasteiger partial charge in [0, 0.05) is 22.7 Å². The van der Waals surface area contributed by atoms with Gasteiger partial charge < -0.3 is 14.8 Å². The van der Waals surface area contributed by atoms with Gasteiger partial charge in [0.05, 0.1) is 13.3 Å². The molecule has 0 aliphatic carbocycles. The molecule has 27 heavy (non-hydrogen) atoms. The van der Waals surface area contributed by atoms with Crippen molar-refractivity contribution in [3.8, 4) is 11.5 Å². The Hall–Kier alpha value is -2.77. The number of amides is 2. The molecule has 0 fully saturated rings. The topological polar surface area (TPSA) is 89.0 Å². The van der Waals surface area contributed by atoms with E-state index >= 15 is 0 Å². The van der Waals surface area contributed by atoms with Crippen LogP contribution in [0.25, 0.3) is 0 Å². The first-order chi connectivity index (χ1) is 12.9. The summed E-state index contributed by atoms with van der Waals surface area (Å²) < 4.78 is 11.1. The number of methoxy groups -OCH3 is 1. The number of halogens is 2. The summed E-state index contributed by atoms with van der Waals surface area (Å²) in [7, 11) is 2.86. The number of nitrogens with one attached hydrogen (secondary N) is 2. The van der Waals surface area contributed by atoms with Crippen LogP contribution in [0.15, 0.2) is 41.5 Å². The first-order valence-electron chi connectivity index (χ1n) is 7.74. The molecule has 0 heterocycles. The molecule has 9 heteroatoms. The Balaban J connectivity index is 2.05. The Morgan fingerprint density at radius 2 is 1.89 bits per heavy atom. The molecular weight excluding hydrogens is 393 g/mol. The molecular formula is C18H17Cl2N3O4. The van der Waals surface area contributed by atoms with E-state index in [1.165, 1.54) is 20.4 Å². The average molecular weight is 410 g/mol. The van der Waals surface area contributed by atoms with Gasteiger partial charge in [0.15, 0.2) is 11.5 Å². The summed E-state index contributed by atoms with van der Waals surface area (Å²) in [6.07, 6.45) is 1.38. The normalized spacial score (nSPS) is 10.5. The van der Waals surface area contributed by atoms with E-state index in [4.69, 9.17) is 32.7 Å². The number of hydrazone groups is 1. The maximum Gasteiger partial charge on any atom is 0.329 e. The minimum atomic E-state index is -0.861. The summed E-state index contributed by atoms with van der Waals surface area (Å²) in [4.78, 5) is 22.4. The van der Waals surface area contributed by atoms with Gasteiger partial charge in [-0.05, 0) is 35.9 Å². The third-order valence-electron chi connectivity index (χ3n) is 3.40. The van der Waals surface area contributed by atoms with Gasteiger partial charge in [0.2, 0.25) is 0 Å². The van der Waals surface area contributed by atoms with Crippen LogP contribution in [0.1, 0.15) is 11.1 Å². The van der Waals surface area contributed by atoms with E-state index < -0.39 is 11.8 Å². The molecule has 2 aromatic rings. The predicted octanol–water partition coefficient (Wildman–Crippen LogP) is 2.78. The van der Waals surface area contributed by atoms with Gasteiger partial charge in [-0.15, -0.1) is 0 Å². The van der Waals surface area contributed by atoms with Crippen LogP contribution in [0, 0.1) is 0 Å². The largest absolute Gasteiger partial charge is 0.493 e. The molecule has 0 aromatic heterocycles. The lowest BCUT2D eigenvalue weighted by Gasteiger charge is -2.12. The highest BCUT2D eigenvalue weighted by Gasteiger charge is 2.10. The lowest BCUT2D eigenvalue weighted by Crippen LogP contribution is -2.35. The van der Waals surface area contributed by atoms with Crippen molar-refractivity contribution in [2.75, 3.05) is 14.2 Å². The number of carbonyl (C=O) groups is 2. The van der Waals surface area contributed by atoms with Gasteiger partial charge >= 0.3 is 11.8 Å². The van der Waals surface area contributed by atoms with Crippen LogP contribution < -0.4 is 20.2 Å². The predicted molar refractivity (Wildman–Crippen MR) is 104 cm³/mol. The number of hydrogen-bond acceptors (Lipinski definition) is 5. The van der Waals surface area contributed by atoms with Gasteiger partial charge in [0.1, 0.15) is 6.61 Å². The fraction of sp³-hybridized carbons (Fsp3) is 0.167. The lowest BCUT2D eigenvalue weighted by atomic mass is 10.2. The van der Waals surface area contributed by atoms with Crippen molar-refractivity contribution in [2.24, 2.45) is 5.10 Å². The summed E-state index contributed by atoms with van der Waals surface area (Å²) >= 11 is 12.0. The molecule has 0 bridgehead atoms. The molecule has 0 saturated heterocycles.